The number of pyridine rings is 1. The van der Waals surface area contributed by atoms with Crippen LogP contribution in [-0.4, -0.2) is 51.4 Å². The number of benzene rings is 1. The smallest absolute Gasteiger partial charge is 0.289 e. The molecule has 0 atom stereocenters. The Labute approximate surface area is 186 Å². The minimum Gasteiger partial charge on any atom is -0.495 e. The largest absolute Gasteiger partial charge is 0.495 e. The van der Waals surface area contributed by atoms with Crippen LogP contribution < -0.4 is 15.8 Å². The molecule has 0 bridgehead atoms. The number of piperidine rings is 1. The molecule has 32 heavy (non-hydrogen) atoms. The molecule has 0 saturated carbocycles. The van der Waals surface area contributed by atoms with Crippen LogP contribution in [0.15, 0.2) is 48.8 Å². The summed E-state index contributed by atoms with van der Waals surface area (Å²) < 4.78 is 7.00. The number of amides is 2. The summed E-state index contributed by atoms with van der Waals surface area (Å²) in [4.78, 5) is 35.8. The van der Waals surface area contributed by atoms with Crippen LogP contribution >= 0.6 is 0 Å². The Hall–Kier alpha value is -3.88. The Balaban J connectivity index is 1.41. The molecule has 2 aromatic heterocycles. The van der Waals surface area contributed by atoms with E-state index in [0.717, 1.165) is 18.5 Å². The summed E-state index contributed by atoms with van der Waals surface area (Å²) in [6, 6.07) is 10.7. The van der Waals surface area contributed by atoms with Gasteiger partial charge in [0.25, 0.3) is 11.8 Å². The van der Waals surface area contributed by atoms with E-state index in [1.807, 2.05) is 30.1 Å². The predicted molar refractivity (Wildman–Crippen MR) is 121 cm³/mol. The van der Waals surface area contributed by atoms with Gasteiger partial charge < -0.3 is 25.3 Å². The first-order valence-corrected chi connectivity index (χ1v) is 10.4. The maximum atomic E-state index is 12.7. The number of hydrogen-bond acceptors (Lipinski definition) is 6. The van der Waals surface area contributed by atoms with E-state index in [2.05, 4.69) is 15.3 Å². The summed E-state index contributed by atoms with van der Waals surface area (Å²) >= 11 is 0. The van der Waals surface area contributed by atoms with E-state index in [1.165, 1.54) is 0 Å². The number of aromatic nitrogens is 3. The lowest BCUT2D eigenvalue weighted by Gasteiger charge is -2.31. The van der Waals surface area contributed by atoms with Gasteiger partial charge in [-0.1, -0.05) is 12.1 Å². The number of para-hydroxylation sites is 2. The Kier molecular flexibility index (Phi) is 6.07. The topological polar surface area (TPSA) is 115 Å². The summed E-state index contributed by atoms with van der Waals surface area (Å²) in [6.45, 7) is 1.24. The van der Waals surface area contributed by atoms with Crippen molar-refractivity contribution in [1.82, 2.24) is 19.4 Å². The van der Waals surface area contributed by atoms with Crippen LogP contribution in [0.25, 0.3) is 0 Å². The molecule has 1 saturated heterocycles. The fourth-order valence-corrected chi connectivity index (χ4v) is 3.94. The molecule has 0 radical (unpaired) electrons. The summed E-state index contributed by atoms with van der Waals surface area (Å²) in [5, 5.41) is 2.82. The molecule has 4 rings (SSSR count). The van der Waals surface area contributed by atoms with Crippen LogP contribution in [0.2, 0.25) is 0 Å². The summed E-state index contributed by atoms with van der Waals surface area (Å²) in [7, 11) is 3.36. The number of rotatable bonds is 5. The standard InChI is InChI=1S/C23H26N6O3/c1-28-14-11-25-21(28)23(31)29-12-9-15(10-13-29)17-8-7-16(20(24)26-17)22(30)27-18-5-3-4-6-19(18)32-2/h3-8,11,14-15H,9-10,12-13H2,1-2H3,(H2,24,26)(H,27,30). The number of nitrogen functional groups attached to an aromatic ring is 1. The lowest BCUT2D eigenvalue weighted by atomic mass is 9.92. The molecule has 3 N–H and O–H groups in total. The second-order valence-electron chi connectivity index (χ2n) is 7.75. The van der Waals surface area contributed by atoms with Crippen molar-refractivity contribution in [2.75, 3.05) is 31.2 Å². The minimum absolute atomic E-state index is 0.0632. The van der Waals surface area contributed by atoms with Gasteiger partial charge in [-0.15, -0.1) is 0 Å². The predicted octanol–water partition coefficient (Wildman–Crippen LogP) is 2.68. The van der Waals surface area contributed by atoms with Gasteiger partial charge in [0.15, 0.2) is 5.82 Å². The summed E-state index contributed by atoms with van der Waals surface area (Å²) in [6.07, 6.45) is 4.93. The van der Waals surface area contributed by atoms with E-state index in [4.69, 9.17) is 10.5 Å². The number of nitrogens with zero attached hydrogens (tertiary/aromatic N) is 4. The lowest BCUT2D eigenvalue weighted by Crippen LogP contribution is -2.39. The fourth-order valence-electron chi connectivity index (χ4n) is 3.94. The van der Waals surface area contributed by atoms with Gasteiger partial charge in [0.2, 0.25) is 0 Å². The first-order valence-electron chi connectivity index (χ1n) is 10.4. The molecule has 0 unspecified atom stereocenters. The van der Waals surface area contributed by atoms with Crippen molar-refractivity contribution in [3.05, 3.63) is 65.9 Å². The van der Waals surface area contributed by atoms with Gasteiger partial charge in [-0.25, -0.2) is 9.97 Å². The molecule has 2 amide bonds. The van der Waals surface area contributed by atoms with Crippen molar-refractivity contribution in [3.8, 4) is 5.75 Å². The Morgan fingerprint density at radius 1 is 1.16 bits per heavy atom. The van der Waals surface area contributed by atoms with Gasteiger partial charge in [-0.3, -0.25) is 9.59 Å². The highest BCUT2D eigenvalue weighted by Crippen LogP contribution is 2.29. The molecule has 1 aliphatic heterocycles. The Bertz CT molecular complexity index is 1130. The number of anilines is 2. The maximum Gasteiger partial charge on any atom is 0.289 e. The van der Waals surface area contributed by atoms with Gasteiger partial charge in [0.1, 0.15) is 11.6 Å². The summed E-state index contributed by atoms with van der Waals surface area (Å²) in [5.41, 5.74) is 7.84. The monoisotopic (exact) mass is 434 g/mol. The van der Waals surface area contributed by atoms with E-state index >= 15 is 0 Å². The molecule has 166 valence electrons. The number of imidazole rings is 1. The number of likely N-dealkylation sites (tertiary alicyclic amines) is 1. The normalized spacial score (nSPS) is 14.2. The van der Waals surface area contributed by atoms with Crippen LogP contribution in [0.4, 0.5) is 11.5 Å². The second kappa shape index (κ2) is 9.09. The van der Waals surface area contributed by atoms with Crippen LogP contribution in [-0.2, 0) is 7.05 Å². The number of ether oxygens (including phenoxy) is 1. The van der Waals surface area contributed by atoms with Crippen molar-refractivity contribution < 1.29 is 14.3 Å². The average molecular weight is 435 g/mol. The molecule has 1 aromatic carbocycles. The van der Waals surface area contributed by atoms with Gasteiger partial charge in [0.05, 0.1) is 18.4 Å². The number of hydrogen-bond donors (Lipinski definition) is 2. The van der Waals surface area contributed by atoms with Crippen LogP contribution in [0, 0.1) is 0 Å². The number of carbonyl (C=O) groups is 2. The molecule has 0 spiro atoms. The highest BCUT2D eigenvalue weighted by molar-refractivity contribution is 6.07. The molecular weight excluding hydrogens is 408 g/mol. The third-order valence-corrected chi connectivity index (χ3v) is 5.76. The quantitative estimate of drug-likeness (QED) is 0.638. The van der Waals surface area contributed by atoms with Crippen molar-refractivity contribution in [2.24, 2.45) is 7.05 Å². The molecule has 3 aromatic rings. The Morgan fingerprint density at radius 2 is 1.91 bits per heavy atom. The molecule has 0 aliphatic carbocycles. The van der Waals surface area contributed by atoms with Gasteiger partial charge in [0, 0.05) is 44.1 Å². The van der Waals surface area contributed by atoms with Gasteiger partial charge in [-0.05, 0) is 37.1 Å². The van der Waals surface area contributed by atoms with Gasteiger partial charge >= 0.3 is 0 Å². The molecule has 1 fully saturated rings. The van der Waals surface area contributed by atoms with Crippen LogP contribution in [0.3, 0.4) is 0 Å². The number of methoxy groups -OCH3 is 1. The zero-order valence-corrected chi connectivity index (χ0v) is 18.1. The van der Waals surface area contributed by atoms with Crippen molar-refractivity contribution >= 4 is 23.3 Å². The molecule has 3 heterocycles. The van der Waals surface area contributed by atoms with Crippen molar-refractivity contribution in [2.45, 2.75) is 18.8 Å². The second-order valence-corrected chi connectivity index (χ2v) is 7.75. The average Bonchev–Trinajstić information content (AvgIpc) is 3.24. The SMILES string of the molecule is COc1ccccc1NC(=O)c1ccc(C2CCN(C(=O)c3nccn3C)CC2)nc1N. The zero-order chi connectivity index (χ0) is 22.7. The maximum absolute atomic E-state index is 12.7. The highest BCUT2D eigenvalue weighted by atomic mass is 16.5. The first-order chi connectivity index (χ1) is 15.5. The summed E-state index contributed by atoms with van der Waals surface area (Å²) in [5.74, 6) is 0.955. The molecule has 1 aliphatic rings. The third kappa shape index (κ3) is 4.27. The lowest BCUT2D eigenvalue weighted by molar-refractivity contribution is 0.0696. The molecular formula is C23H26N6O3. The van der Waals surface area contributed by atoms with E-state index in [0.29, 0.717) is 35.9 Å². The zero-order valence-electron chi connectivity index (χ0n) is 18.1. The van der Waals surface area contributed by atoms with E-state index in [1.54, 1.807) is 42.3 Å². The number of carbonyl (C=O) groups excluding carboxylic acids is 2. The number of nitrogens with one attached hydrogen (secondary N) is 1. The fraction of sp³-hybridized carbons (Fsp3) is 0.304. The first kappa shape index (κ1) is 21.4. The minimum atomic E-state index is -0.346. The van der Waals surface area contributed by atoms with E-state index < -0.39 is 0 Å². The van der Waals surface area contributed by atoms with E-state index in [-0.39, 0.29) is 23.6 Å². The van der Waals surface area contributed by atoms with Gasteiger partial charge in [-0.2, -0.15) is 0 Å². The Morgan fingerprint density at radius 3 is 2.56 bits per heavy atom. The van der Waals surface area contributed by atoms with Crippen molar-refractivity contribution in [3.63, 3.8) is 0 Å². The van der Waals surface area contributed by atoms with Crippen molar-refractivity contribution in [1.29, 1.82) is 0 Å². The van der Waals surface area contributed by atoms with Crippen LogP contribution in [0.5, 0.6) is 5.75 Å². The molecule has 9 heteroatoms. The highest BCUT2D eigenvalue weighted by Gasteiger charge is 2.27. The number of aryl methyl sites for hydroxylation is 1. The van der Waals surface area contributed by atoms with Crippen LogP contribution in [0.1, 0.15) is 45.4 Å². The third-order valence-electron chi connectivity index (χ3n) is 5.76. The molecule has 9 nitrogen and oxygen atoms in total. The number of nitrogens with two attached hydrogens (primary N) is 1. The van der Waals surface area contributed by atoms with E-state index in [9.17, 15) is 9.59 Å².